The fourth-order valence-corrected chi connectivity index (χ4v) is 3.43. The number of hydrogen-bond acceptors (Lipinski definition) is 6. The van der Waals surface area contributed by atoms with Gasteiger partial charge in [0.25, 0.3) is 0 Å². The van der Waals surface area contributed by atoms with Crippen LogP contribution >= 0.6 is 11.6 Å². The number of hydrogen-bond donors (Lipinski definition) is 2. The average molecular weight is 504 g/mol. The maximum atomic E-state index is 14.4. The molecule has 0 saturated carbocycles. The number of carbonyl (C=O) groups excluding carboxylic acids is 1. The lowest BCUT2D eigenvalue weighted by atomic mass is 10.2. The summed E-state index contributed by atoms with van der Waals surface area (Å²) in [4.78, 5) is 41.0. The minimum atomic E-state index is -0.762. The SMILES string of the molecule is CC(=O)NCCn1c(=O)nc(NCc2ccc(OC(C)C)c(F)c2)n(Cc2ccc(Cl)cc2)c1=O. The Balaban J connectivity index is 1.90. The molecule has 3 aromatic rings. The molecule has 0 unspecified atom stereocenters. The summed E-state index contributed by atoms with van der Waals surface area (Å²) >= 11 is 5.96. The molecule has 2 N–H and O–H groups in total. The third-order valence-electron chi connectivity index (χ3n) is 4.92. The third kappa shape index (κ3) is 7.16. The molecule has 3 rings (SSSR count). The Hall–Kier alpha value is -3.66. The molecule has 0 aliphatic heterocycles. The van der Waals surface area contributed by atoms with Gasteiger partial charge in [-0.05, 0) is 49.2 Å². The van der Waals surface area contributed by atoms with Crippen LogP contribution in [-0.4, -0.2) is 32.7 Å². The second kappa shape index (κ2) is 11.7. The summed E-state index contributed by atoms with van der Waals surface area (Å²) in [5.74, 6) is -0.613. The summed E-state index contributed by atoms with van der Waals surface area (Å²) in [5, 5.41) is 6.07. The molecule has 11 heteroatoms. The second-order valence-electron chi connectivity index (χ2n) is 8.13. The number of nitrogens with zero attached hydrogens (tertiary/aromatic N) is 3. The van der Waals surface area contributed by atoms with E-state index in [1.807, 2.05) is 0 Å². The van der Waals surface area contributed by atoms with E-state index in [0.717, 1.165) is 10.1 Å². The quantitative estimate of drug-likeness (QED) is 0.440. The zero-order chi connectivity index (χ0) is 25.5. The van der Waals surface area contributed by atoms with Crippen LogP contribution in [0.1, 0.15) is 31.9 Å². The van der Waals surface area contributed by atoms with Gasteiger partial charge >= 0.3 is 11.4 Å². The highest BCUT2D eigenvalue weighted by atomic mass is 35.5. The summed E-state index contributed by atoms with van der Waals surface area (Å²) in [5.41, 5.74) is -0.0305. The molecule has 0 aliphatic carbocycles. The molecule has 1 heterocycles. The molecule has 0 saturated heterocycles. The Morgan fingerprint density at radius 3 is 2.43 bits per heavy atom. The number of rotatable bonds is 10. The molecule has 35 heavy (non-hydrogen) atoms. The average Bonchev–Trinajstić information content (AvgIpc) is 2.79. The normalized spacial score (nSPS) is 10.9. The molecule has 0 fully saturated rings. The van der Waals surface area contributed by atoms with Crippen LogP contribution < -0.4 is 26.7 Å². The number of amides is 1. The van der Waals surface area contributed by atoms with Crippen molar-refractivity contribution in [2.45, 2.75) is 46.5 Å². The van der Waals surface area contributed by atoms with E-state index in [-0.39, 0.29) is 49.9 Å². The molecule has 9 nitrogen and oxygen atoms in total. The topological polar surface area (TPSA) is 107 Å². The van der Waals surface area contributed by atoms with Gasteiger partial charge in [0.1, 0.15) is 0 Å². The maximum absolute atomic E-state index is 14.4. The van der Waals surface area contributed by atoms with E-state index in [9.17, 15) is 18.8 Å². The minimum Gasteiger partial charge on any atom is -0.488 e. The van der Waals surface area contributed by atoms with Crippen LogP contribution in [0.4, 0.5) is 10.3 Å². The fourth-order valence-electron chi connectivity index (χ4n) is 3.30. The molecule has 1 aromatic heterocycles. The molecule has 186 valence electrons. The van der Waals surface area contributed by atoms with E-state index in [1.165, 1.54) is 23.6 Å². The van der Waals surface area contributed by atoms with E-state index in [0.29, 0.717) is 10.6 Å². The van der Waals surface area contributed by atoms with Crippen molar-refractivity contribution >= 4 is 23.5 Å². The summed E-state index contributed by atoms with van der Waals surface area (Å²) < 4.78 is 22.1. The van der Waals surface area contributed by atoms with Crippen LogP contribution in [-0.2, 0) is 24.4 Å². The summed E-state index contributed by atoms with van der Waals surface area (Å²) in [7, 11) is 0. The van der Waals surface area contributed by atoms with Gasteiger partial charge in [0.05, 0.1) is 12.6 Å². The number of anilines is 1. The van der Waals surface area contributed by atoms with Gasteiger partial charge in [-0.1, -0.05) is 29.8 Å². The molecule has 0 aliphatic rings. The van der Waals surface area contributed by atoms with Gasteiger partial charge in [0, 0.05) is 31.6 Å². The first kappa shape index (κ1) is 26.0. The first-order valence-electron chi connectivity index (χ1n) is 11.0. The van der Waals surface area contributed by atoms with Crippen molar-refractivity contribution < 1.29 is 13.9 Å². The van der Waals surface area contributed by atoms with Crippen molar-refractivity contribution in [1.82, 2.24) is 19.4 Å². The molecule has 0 atom stereocenters. The second-order valence-corrected chi connectivity index (χ2v) is 8.57. The van der Waals surface area contributed by atoms with Gasteiger partial charge < -0.3 is 15.4 Å². The minimum absolute atomic E-state index is 0.0341. The van der Waals surface area contributed by atoms with Crippen molar-refractivity contribution in [3.8, 4) is 5.75 Å². The smallest absolute Gasteiger partial charge is 0.354 e. The lowest BCUT2D eigenvalue weighted by Crippen LogP contribution is -2.44. The van der Waals surface area contributed by atoms with Crippen molar-refractivity contribution in [2.75, 3.05) is 11.9 Å². The molecular weight excluding hydrogens is 477 g/mol. The zero-order valence-electron chi connectivity index (χ0n) is 19.7. The molecule has 0 radical (unpaired) electrons. The highest BCUT2D eigenvalue weighted by Gasteiger charge is 2.15. The van der Waals surface area contributed by atoms with Crippen molar-refractivity contribution in [3.63, 3.8) is 0 Å². The molecule has 2 aromatic carbocycles. The molecule has 1 amide bonds. The number of carbonyl (C=O) groups is 1. The van der Waals surface area contributed by atoms with Crippen LogP contribution in [0.3, 0.4) is 0 Å². The summed E-state index contributed by atoms with van der Waals surface area (Å²) in [6.45, 7) is 5.25. The number of ether oxygens (including phenoxy) is 1. The molecule has 0 bridgehead atoms. The summed E-state index contributed by atoms with van der Waals surface area (Å²) in [6.07, 6.45) is -0.169. The number of nitrogens with one attached hydrogen (secondary N) is 2. The zero-order valence-corrected chi connectivity index (χ0v) is 20.4. The number of aromatic nitrogens is 3. The van der Waals surface area contributed by atoms with Crippen molar-refractivity contribution in [2.24, 2.45) is 0 Å². The Kier molecular flexibility index (Phi) is 8.64. The van der Waals surface area contributed by atoms with E-state index in [4.69, 9.17) is 16.3 Å². The van der Waals surface area contributed by atoms with E-state index in [2.05, 4.69) is 15.6 Å². The maximum Gasteiger partial charge on any atom is 0.354 e. The number of halogens is 2. The van der Waals surface area contributed by atoms with Crippen molar-refractivity contribution in [1.29, 1.82) is 0 Å². The Morgan fingerprint density at radius 1 is 1.11 bits per heavy atom. The highest BCUT2D eigenvalue weighted by Crippen LogP contribution is 2.20. The monoisotopic (exact) mass is 503 g/mol. The molecular formula is C24H27ClFN5O4. The standard InChI is InChI=1S/C24H27ClFN5O4/c1-15(2)35-21-9-6-18(12-20(21)26)13-28-22-29-23(33)30(11-10-27-16(3)32)24(34)31(22)14-17-4-7-19(25)8-5-17/h4-9,12,15H,10-11,13-14H2,1-3H3,(H,27,32)(H,28,29,33). The van der Waals surface area contributed by atoms with Crippen LogP contribution in [0.2, 0.25) is 5.02 Å². The largest absolute Gasteiger partial charge is 0.488 e. The molecule has 0 spiro atoms. The van der Waals surface area contributed by atoms with Gasteiger partial charge in [0.15, 0.2) is 11.6 Å². The highest BCUT2D eigenvalue weighted by molar-refractivity contribution is 6.30. The van der Waals surface area contributed by atoms with Crippen LogP contribution in [0.25, 0.3) is 0 Å². The lowest BCUT2D eigenvalue weighted by Gasteiger charge is -2.16. The van der Waals surface area contributed by atoms with E-state index in [1.54, 1.807) is 44.2 Å². The predicted molar refractivity (Wildman–Crippen MR) is 131 cm³/mol. The third-order valence-corrected chi connectivity index (χ3v) is 5.17. The van der Waals surface area contributed by atoms with Gasteiger partial charge in [0.2, 0.25) is 11.9 Å². The first-order valence-corrected chi connectivity index (χ1v) is 11.4. The lowest BCUT2D eigenvalue weighted by molar-refractivity contribution is -0.118. The number of benzene rings is 2. The van der Waals surface area contributed by atoms with Gasteiger partial charge in [-0.25, -0.2) is 18.5 Å². The fraction of sp³-hybridized carbons (Fsp3) is 0.333. The predicted octanol–water partition coefficient (Wildman–Crippen LogP) is 2.78. The van der Waals surface area contributed by atoms with Crippen LogP contribution in [0.15, 0.2) is 52.1 Å². The van der Waals surface area contributed by atoms with Crippen LogP contribution in [0.5, 0.6) is 5.75 Å². The Bertz CT molecular complexity index is 1300. The summed E-state index contributed by atoms with van der Waals surface area (Å²) in [6, 6.07) is 11.4. The van der Waals surface area contributed by atoms with Gasteiger partial charge in [-0.3, -0.25) is 9.36 Å². The first-order chi connectivity index (χ1) is 16.6. The van der Waals surface area contributed by atoms with E-state index < -0.39 is 17.2 Å². The Labute approximate surface area is 206 Å². The van der Waals surface area contributed by atoms with Crippen LogP contribution in [0, 0.1) is 5.82 Å². The van der Waals surface area contributed by atoms with Gasteiger partial charge in [-0.2, -0.15) is 4.98 Å². The van der Waals surface area contributed by atoms with E-state index >= 15 is 0 Å². The Morgan fingerprint density at radius 2 is 1.80 bits per heavy atom. The van der Waals surface area contributed by atoms with Crippen molar-refractivity contribution in [3.05, 3.63) is 85.4 Å². The van der Waals surface area contributed by atoms with Gasteiger partial charge in [-0.15, -0.1) is 0 Å².